The molecule has 1 saturated heterocycles. The molecule has 1 unspecified atom stereocenters. The van der Waals surface area contributed by atoms with Crippen molar-refractivity contribution in [3.05, 3.63) is 28.7 Å². The van der Waals surface area contributed by atoms with E-state index in [1.165, 1.54) is 4.31 Å². The molecule has 1 fully saturated rings. The predicted octanol–water partition coefficient (Wildman–Crippen LogP) is 0.713. The number of rotatable bonds is 3. The molecule has 2 N–H and O–H groups in total. The number of benzene rings is 1. The lowest BCUT2D eigenvalue weighted by atomic mass is 10.2. The van der Waals surface area contributed by atoms with Crippen LogP contribution in [0, 0.1) is 0 Å². The highest BCUT2D eigenvalue weighted by Crippen LogP contribution is 2.22. The molecule has 19 heavy (non-hydrogen) atoms. The summed E-state index contributed by atoms with van der Waals surface area (Å²) >= 11 is 3.31. The molecule has 1 aliphatic heterocycles. The molecular weight excluding hydrogens is 330 g/mol. The van der Waals surface area contributed by atoms with E-state index in [-0.39, 0.29) is 6.04 Å². The summed E-state index contributed by atoms with van der Waals surface area (Å²) in [6.07, 6.45) is 0. The van der Waals surface area contributed by atoms with Crippen molar-refractivity contribution in [3.8, 4) is 0 Å². The van der Waals surface area contributed by atoms with Gasteiger partial charge in [0, 0.05) is 30.7 Å². The molecule has 0 amide bonds. The van der Waals surface area contributed by atoms with Gasteiger partial charge in [-0.25, -0.2) is 8.42 Å². The first-order valence-corrected chi connectivity index (χ1v) is 8.34. The highest BCUT2D eigenvalue weighted by molar-refractivity contribution is 9.10. The van der Waals surface area contributed by atoms with Crippen LogP contribution in [-0.4, -0.2) is 56.9 Å². The average molecular weight is 348 g/mol. The molecular formula is C12H18BrN3O2S. The molecule has 1 aromatic carbocycles. The van der Waals surface area contributed by atoms with E-state index in [1.807, 2.05) is 7.05 Å². The molecule has 1 heterocycles. The SMILES string of the molecule is CN1CCN(S(=O)(=O)c2ccc(Br)cc2)C(CN)C1. The second-order valence-electron chi connectivity index (χ2n) is 4.72. The summed E-state index contributed by atoms with van der Waals surface area (Å²) in [6.45, 7) is 2.22. The number of nitrogens with two attached hydrogens (primary N) is 1. The van der Waals surface area contributed by atoms with Crippen LogP contribution in [0.3, 0.4) is 0 Å². The third kappa shape index (κ3) is 3.17. The normalized spacial score (nSPS) is 22.6. The number of hydrogen-bond acceptors (Lipinski definition) is 4. The van der Waals surface area contributed by atoms with Gasteiger partial charge in [-0.05, 0) is 31.3 Å². The highest BCUT2D eigenvalue weighted by Gasteiger charge is 2.34. The fraction of sp³-hybridized carbons (Fsp3) is 0.500. The fourth-order valence-corrected chi connectivity index (χ4v) is 4.13. The van der Waals surface area contributed by atoms with Gasteiger partial charge in [0.1, 0.15) is 0 Å². The number of sulfonamides is 1. The maximum Gasteiger partial charge on any atom is 0.243 e. The van der Waals surface area contributed by atoms with Crippen molar-refractivity contribution in [2.24, 2.45) is 5.73 Å². The van der Waals surface area contributed by atoms with Crippen LogP contribution in [0.1, 0.15) is 0 Å². The summed E-state index contributed by atoms with van der Waals surface area (Å²) in [6, 6.07) is 6.55. The van der Waals surface area contributed by atoms with Crippen LogP contribution in [-0.2, 0) is 10.0 Å². The molecule has 0 radical (unpaired) electrons. The lowest BCUT2D eigenvalue weighted by Gasteiger charge is -2.38. The molecule has 0 bridgehead atoms. The van der Waals surface area contributed by atoms with Crippen molar-refractivity contribution in [1.82, 2.24) is 9.21 Å². The maximum absolute atomic E-state index is 12.6. The van der Waals surface area contributed by atoms with Crippen molar-refractivity contribution < 1.29 is 8.42 Å². The third-order valence-corrected chi connectivity index (χ3v) is 5.82. The molecule has 2 rings (SSSR count). The molecule has 1 atom stereocenters. The molecule has 5 nitrogen and oxygen atoms in total. The van der Waals surface area contributed by atoms with Gasteiger partial charge in [-0.3, -0.25) is 0 Å². The Morgan fingerprint density at radius 1 is 1.32 bits per heavy atom. The monoisotopic (exact) mass is 347 g/mol. The number of hydrogen-bond donors (Lipinski definition) is 1. The van der Waals surface area contributed by atoms with Crippen molar-refractivity contribution in [1.29, 1.82) is 0 Å². The second-order valence-corrected chi connectivity index (χ2v) is 7.53. The Morgan fingerprint density at radius 2 is 1.95 bits per heavy atom. The van der Waals surface area contributed by atoms with Gasteiger partial charge in [-0.1, -0.05) is 15.9 Å². The Labute approximate surface area is 122 Å². The van der Waals surface area contributed by atoms with Crippen molar-refractivity contribution in [2.45, 2.75) is 10.9 Å². The van der Waals surface area contributed by atoms with Crippen LogP contribution < -0.4 is 5.73 Å². The van der Waals surface area contributed by atoms with E-state index in [4.69, 9.17) is 5.73 Å². The van der Waals surface area contributed by atoms with Crippen molar-refractivity contribution in [2.75, 3.05) is 33.2 Å². The van der Waals surface area contributed by atoms with Crippen LogP contribution >= 0.6 is 15.9 Å². The Balaban J connectivity index is 2.30. The summed E-state index contributed by atoms with van der Waals surface area (Å²) in [5.74, 6) is 0. The van der Waals surface area contributed by atoms with Crippen LogP contribution in [0.5, 0.6) is 0 Å². The first-order valence-electron chi connectivity index (χ1n) is 6.11. The van der Waals surface area contributed by atoms with Crippen LogP contribution in [0.25, 0.3) is 0 Å². The zero-order valence-corrected chi connectivity index (χ0v) is 13.2. The fourth-order valence-electron chi connectivity index (χ4n) is 2.24. The van der Waals surface area contributed by atoms with Gasteiger partial charge in [-0.15, -0.1) is 0 Å². The molecule has 7 heteroatoms. The number of halogens is 1. The quantitative estimate of drug-likeness (QED) is 0.874. The van der Waals surface area contributed by atoms with E-state index in [9.17, 15) is 8.42 Å². The molecule has 1 aromatic rings. The summed E-state index contributed by atoms with van der Waals surface area (Å²) in [5.41, 5.74) is 5.71. The summed E-state index contributed by atoms with van der Waals surface area (Å²) in [4.78, 5) is 2.42. The second kappa shape index (κ2) is 5.88. The Kier molecular flexibility index (Phi) is 4.62. The summed E-state index contributed by atoms with van der Waals surface area (Å²) in [5, 5.41) is 0. The largest absolute Gasteiger partial charge is 0.329 e. The standard InChI is InChI=1S/C12H18BrN3O2S/c1-15-6-7-16(11(8-14)9-15)19(17,18)12-4-2-10(13)3-5-12/h2-5,11H,6-9,14H2,1H3. The number of likely N-dealkylation sites (N-methyl/N-ethyl adjacent to an activating group) is 1. The highest BCUT2D eigenvalue weighted by atomic mass is 79.9. The van der Waals surface area contributed by atoms with Crippen molar-refractivity contribution in [3.63, 3.8) is 0 Å². The molecule has 0 spiro atoms. The van der Waals surface area contributed by atoms with E-state index in [0.717, 1.165) is 11.0 Å². The van der Waals surface area contributed by atoms with Gasteiger partial charge in [0.2, 0.25) is 10.0 Å². The average Bonchev–Trinajstić information content (AvgIpc) is 2.38. The zero-order valence-electron chi connectivity index (χ0n) is 10.8. The van der Waals surface area contributed by atoms with Gasteiger partial charge in [0.25, 0.3) is 0 Å². The first-order chi connectivity index (χ1) is 8.95. The first kappa shape index (κ1) is 14.9. The van der Waals surface area contributed by atoms with Crippen LogP contribution in [0.15, 0.2) is 33.6 Å². The van der Waals surface area contributed by atoms with E-state index < -0.39 is 10.0 Å². The van der Waals surface area contributed by atoms with Crippen LogP contribution in [0.2, 0.25) is 0 Å². The van der Waals surface area contributed by atoms with Gasteiger partial charge < -0.3 is 10.6 Å². The minimum Gasteiger partial charge on any atom is -0.329 e. The Bertz CT molecular complexity index is 532. The minimum atomic E-state index is -3.46. The number of piperazine rings is 1. The van der Waals surface area contributed by atoms with Gasteiger partial charge >= 0.3 is 0 Å². The molecule has 0 aromatic heterocycles. The van der Waals surface area contributed by atoms with E-state index in [0.29, 0.717) is 24.5 Å². The Morgan fingerprint density at radius 3 is 2.53 bits per heavy atom. The van der Waals surface area contributed by atoms with Gasteiger partial charge in [0.05, 0.1) is 10.9 Å². The lowest BCUT2D eigenvalue weighted by molar-refractivity contribution is 0.164. The van der Waals surface area contributed by atoms with Crippen LogP contribution in [0.4, 0.5) is 0 Å². The molecule has 1 aliphatic rings. The topological polar surface area (TPSA) is 66.6 Å². The van der Waals surface area contributed by atoms with E-state index in [1.54, 1.807) is 24.3 Å². The smallest absolute Gasteiger partial charge is 0.243 e. The maximum atomic E-state index is 12.6. The minimum absolute atomic E-state index is 0.160. The van der Waals surface area contributed by atoms with Crippen molar-refractivity contribution >= 4 is 26.0 Å². The third-order valence-electron chi connectivity index (χ3n) is 3.32. The predicted molar refractivity (Wildman–Crippen MR) is 78.4 cm³/mol. The lowest BCUT2D eigenvalue weighted by Crippen LogP contribution is -2.56. The van der Waals surface area contributed by atoms with E-state index in [2.05, 4.69) is 20.8 Å². The molecule has 106 valence electrons. The summed E-state index contributed by atoms with van der Waals surface area (Å²) in [7, 11) is -1.48. The van der Waals surface area contributed by atoms with Gasteiger partial charge in [-0.2, -0.15) is 4.31 Å². The molecule has 0 aliphatic carbocycles. The number of nitrogens with zero attached hydrogens (tertiary/aromatic N) is 2. The van der Waals surface area contributed by atoms with E-state index >= 15 is 0 Å². The summed E-state index contributed by atoms with van der Waals surface area (Å²) < 4.78 is 27.6. The van der Waals surface area contributed by atoms with Gasteiger partial charge in [0.15, 0.2) is 0 Å². The molecule has 0 saturated carbocycles. The Hall–Kier alpha value is -0.470. The zero-order chi connectivity index (χ0) is 14.0.